The Morgan fingerprint density at radius 2 is 1.83 bits per heavy atom. The SMILES string of the molecule is CCNc1[nH]cc(-c2cccc(NCc3ccccc3)c2)c1N. The second-order valence-electron chi connectivity index (χ2n) is 5.44. The van der Waals surface area contributed by atoms with E-state index < -0.39 is 0 Å². The lowest BCUT2D eigenvalue weighted by Gasteiger charge is -2.09. The molecule has 1 aromatic heterocycles. The standard InChI is InChI=1S/C19H22N4/c1-2-21-19-18(20)17(13-23-19)15-9-6-10-16(11-15)22-12-14-7-4-3-5-8-14/h3-11,13,21-23H,2,12,20H2,1H3. The van der Waals surface area contributed by atoms with Crippen LogP contribution in [0.15, 0.2) is 60.8 Å². The topological polar surface area (TPSA) is 65.9 Å². The van der Waals surface area contributed by atoms with Gasteiger partial charge in [0.05, 0.1) is 5.69 Å². The molecule has 118 valence electrons. The molecule has 4 nitrogen and oxygen atoms in total. The summed E-state index contributed by atoms with van der Waals surface area (Å²) in [6, 6.07) is 18.7. The van der Waals surface area contributed by atoms with E-state index in [-0.39, 0.29) is 0 Å². The zero-order valence-electron chi connectivity index (χ0n) is 13.3. The molecule has 0 aliphatic heterocycles. The largest absolute Gasteiger partial charge is 0.395 e. The number of hydrogen-bond acceptors (Lipinski definition) is 3. The van der Waals surface area contributed by atoms with Crippen molar-refractivity contribution in [1.29, 1.82) is 0 Å². The molecule has 0 unspecified atom stereocenters. The van der Waals surface area contributed by atoms with Crippen LogP contribution < -0.4 is 16.4 Å². The zero-order valence-corrected chi connectivity index (χ0v) is 13.3. The minimum atomic E-state index is 0.757. The van der Waals surface area contributed by atoms with E-state index in [9.17, 15) is 0 Å². The minimum Gasteiger partial charge on any atom is -0.395 e. The quantitative estimate of drug-likeness (QED) is 0.549. The van der Waals surface area contributed by atoms with E-state index in [1.807, 2.05) is 25.3 Å². The Balaban J connectivity index is 1.77. The number of nitrogens with two attached hydrogens (primary N) is 1. The molecule has 0 saturated heterocycles. The molecule has 0 radical (unpaired) electrons. The predicted molar refractivity (Wildman–Crippen MR) is 98.6 cm³/mol. The van der Waals surface area contributed by atoms with Crippen LogP contribution in [0, 0.1) is 0 Å². The van der Waals surface area contributed by atoms with Crippen LogP contribution in [0.4, 0.5) is 17.2 Å². The molecule has 0 aliphatic carbocycles. The number of benzene rings is 2. The lowest BCUT2D eigenvalue weighted by molar-refractivity contribution is 1.15. The monoisotopic (exact) mass is 306 g/mol. The summed E-state index contributed by atoms with van der Waals surface area (Å²) in [5.74, 6) is 0.880. The predicted octanol–water partition coefficient (Wildman–Crippen LogP) is 4.31. The Bertz CT molecular complexity index is 762. The molecule has 0 fully saturated rings. The zero-order chi connectivity index (χ0) is 16.1. The summed E-state index contributed by atoms with van der Waals surface area (Å²) in [6.07, 6.45) is 1.95. The summed E-state index contributed by atoms with van der Waals surface area (Å²) < 4.78 is 0. The summed E-state index contributed by atoms with van der Waals surface area (Å²) in [7, 11) is 0. The van der Waals surface area contributed by atoms with Gasteiger partial charge in [-0.05, 0) is 30.2 Å². The highest BCUT2D eigenvalue weighted by molar-refractivity contribution is 5.85. The van der Waals surface area contributed by atoms with Gasteiger partial charge in [0.2, 0.25) is 0 Å². The number of aromatic amines is 1. The van der Waals surface area contributed by atoms with Crippen molar-refractivity contribution in [3.05, 3.63) is 66.4 Å². The van der Waals surface area contributed by atoms with Crippen LogP contribution in [0.3, 0.4) is 0 Å². The second-order valence-corrected chi connectivity index (χ2v) is 5.44. The summed E-state index contributed by atoms with van der Waals surface area (Å²) in [5.41, 5.74) is 11.4. The maximum absolute atomic E-state index is 6.22. The van der Waals surface area contributed by atoms with Crippen molar-refractivity contribution in [2.45, 2.75) is 13.5 Å². The van der Waals surface area contributed by atoms with Gasteiger partial charge in [-0.3, -0.25) is 0 Å². The normalized spacial score (nSPS) is 10.5. The highest BCUT2D eigenvalue weighted by Gasteiger charge is 2.09. The first-order valence-electron chi connectivity index (χ1n) is 7.87. The molecule has 4 heteroatoms. The summed E-state index contributed by atoms with van der Waals surface area (Å²) >= 11 is 0. The van der Waals surface area contributed by atoms with Gasteiger partial charge < -0.3 is 21.4 Å². The van der Waals surface area contributed by atoms with E-state index in [0.717, 1.165) is 41.4 Å². The van der Waals surface area contributed by atoms with Crippen molar-refractivity contribution in [1.82, 2.24) is 4.98 Å². The van der Waals surface area contributed by atoms with Gasteiger partial charge in [0.15, 0.2) is 0 Å². The van der Waals surface area contributed by atoms with E-state index in [1.165, 1.54) is 5.56 Å². The molecule has 23 heavy (non-hydrogen) atoms. The summed E-state index contributed by atoms with van der Waals surface area (Å²) in [6.45, 7) is 3.69. The van der Waals surface area contributed by atoms with Crippen molar-refractivity contribution in [3.8, 4) is 11.1 Å². The smallest absolute Gasteiger partial charge is 0.127 e. The number of aromatic nitrogens is 1. The molecule has 1 heterocycles. The first kappa shape index (κ1) is 15.0. The molecule has 3 rings (SSSR count). The lowest BCUT2D eigenvalue weighted by atomic mass is 10.1. The Labute approximate surface area is 136 Å². The van der Waals surface area contributed by atoms with Gasteiger partial charge in [-0.2, -0.15) is 0 Å². The first-order valence-corrected chi connectivity index (χ1v) is 7.87. The third kappa shape index (κ3) is 3.48. The van der Waals surface area contributed by atoms with E-state index in [4.69, 9.17) is 5.73 Å². The van der Waals surface area contributed by atoms with Crippen molar-refractivity contribution in [2.24, 2.45) is 0 Å². The number of rotatable bonds is 6. The Kier molecular flexibility index (Phi) is 4.52. The Morgan fingerprint density at radius 3 is 2.61 bits per heavy atom. The van der Waals surface area contributed by atoms with Gasteiger partial charge in [0.25, 0.3) is 0 Å². The molecular weight excluding hydrogens is 284 g/mol. The van der Waals surface area contributed by atoms with Crippen LogP contribution >= 0.6 is 0 Å². The second kappa shape index (κ2) is 6.92. The highest BCUT2D eigenvalue weighted by atomic mass is 15.0. The van der Waals surface area contributed by atoms with E-state index in [2.05, 4.69) is 58.1 Å². The minimum absolute atomic E-state index is 0.757. The molecule has 0 aliphatic rings. The van der Waals surface area contributed by atoms with Crippen molar-refractivity contribution in [3.63, 3.8) is 0 Å². The van der Waals surface area contributed by atoms with E-state index in [1.54, 1.807) is 0 Å². The van der Waals surface area contributed by atoms with Gasteiger partial charge in [-0.25, -0.2) is 0 Å². The number of H-pyrrole nitrogens is 1. The molecule has 0 spiro atoms. The van der Waals surface area contributed by atoms with Crippen molar-refractivity contribution in [2.75, 3.05) is 22.9 Å². The van der Waals surface area contributed by atoms with E-state index >= 15 is 0 Å². The average Bonchev–Trinajstić information content (AvgIpc) is 2.95. The maximum Gasteiger partial charge on any atom is 0.127 e. The van der Waals surface area contributed by atoms with Crippen LogP contribution in [0.5, 0.6) is 0 Å². The fraction of sp³-hybridized carbons (Fsp3) is 0.158. The van der Waals surface area contributed by atoms with Crippen molar-refractivity contribution >= 4 is 17.2 Å². The highest BCUT2D eigenvalue weighted by Crippen LogP contribution is 2.32. The average molecular weight is 306 g/mol. The van der Waals surface area contributed by atoms with Gasteiger partial charge >= 0.3 is 0 Å². The number of nitrogens with one attached hydrogen (secondary N) is 3. The Hall–Kier alpha value is -2.88. The van der Waals surface area contributed by atoms with Crippen LogP contribution in [-0.4, -0.2) is 11.5 Å². The number of hydrogen-bond donors (Lipinski definition) is 4. The van der Waals surface area contributed by atoms with Gasteiger partial charge in [-0.15, -0.1) is 0 Å². The van der Waals surface area contributed by atoms with Gasteiger partial charge in [0, 0.05) is 30.5 Å². The number of nitrogen functional groups attached to an aromatic ring is 1. The van der Waals surface area contributed by atoms with Crippen LogP contribution in [0.1, 0.15) is 12.5 Å². The van der Waals surface area contributed by atoms with Crippen molar-refractivity contribution < 1.29 is 0 Å². The fourth-order valence-corrected chi connectivity index (χ4v) is 2.59. The summed E-state index contributed by atoms with van der Waals surface area (Å²) in [4.78, 5) is 3.19. The molecule has 0 saturated carbocycles. The van der Waals surface area contributed by atoms with Crippen LogP contribution in [0.25, 0.3) is 11.1 Å². The molecular formula is C19H22N4. The first-order chi connectivity index (χ1) is 11.3. The molecule has 3 aromatic rings. The van der Waals surface area contributed by atoms with Gasteiger partial charge in [0.1, 0.15) is 5.82 Å². The molecule has 0 atom stereocenters. The number of anilines is 3. The van der Waals surface area contributed by atoms with Gasteiger partial charge in [-0.1, -0.05) is 42.5 Å². The lowest BCUT2D eigenvalue weighted by Crippen LogP contribution is -2.00. The maximum atomic E-state index is 6.22. The third-order valence-electron chi connectivity index (χ3n) is 3.79. The molecule has 0 amide bonds. The third-order valence-corrected chi connectivity index (χ3v) is 3.79. The molecule has 2 aromatic carbocycles. The molecule has 0 bridgehead atoms. The molecule has 5 N–H and O–H groups in total. The van der Waals surface area contributed by atoms with Crippen LogP contribution in [-0.2, 0) is 6.54 Å². The Morgan fingerprint density at radius 1 is 1.00 bits per heavy atom. The van der Waals surface area contributed by atoms with Crippen LogP contribution in [0.2, 0.25) is 0 Å². The summed E-state index contributed by atoms with van der Waals surface area (Å²) in [5, 5.41) is 6.69. The fourth-order valence-electron chi connectivity index (χ4n) is 2.59. The van der Waals surface area contributed by atoms with E-state index in [0.29, 0.717) is 0 Å².